The van der Waals surface area contributed by atoms with Crippen LogP contribution in [0.1, 0.15) is 23.2 Å². The van der Waals surface area contributed by atoms with Gasteiger partial charge in [0.15, 0.2) is 5.82 Å². The van der Waals surface area contributed by atoms with Gasteiger partial charge in [0.2, 0.25) is 0 Å². The van der Waals surface area contributed by atoms with Crippen molar-refractivity contribution in [2.24, 2.45) is 0 Å². The highest BCUT2D eigenvalue weighted by atomic mass is 32.1. The van der Waals surface area contributed by atoms with Crippen LogP contribution in [0.4, 0.5) is 10.8 Å². The van der Waals surface area contributed by atoms with Crippen LogP contribution in [0, 0.1) is 0 Å². The molecule has 1 atom stereocenters. The summed E-state index contributed by atoms with van der Waals surface area (Å²) in [5, 5.41) is 6.56. The van der Waals surface area contributed by atoms with Crippen molar-refractivity contribution in [3.8, 4) is 0 Å². The fourth-order valence-electron chi connectivity index (χ4n) is 1.79. The van der Waals surface area contributed by atoms with Crippen molar-refractivity contribution < 1.29 is 9.53 Å². The molecule has 6 nitrogen and oxygen atoms in total. The smallest absolute Gasteiger partial charge is 0.257 e. The number of aromatic nitrogens is 1. The van der Waals surface area contributed by atoms with Crippen molar-refractivity contribution in [1.82, 2.24) is 9.69 Å². The standard InChI is InChI=1S/C10H16N4O2S/c1-12-9(15)7-8(11)14-17-10(7)13-6-3-2-4-16-5-6/h6,13H,2-5H2,1H3,(H2,11,14)(H,12,15). The van der Waals surface area contributed by atoms with E-state index in [0.29, 0.717) is 12.2 Å². The van der Waals surface area contributed by atoms with E-state index < -0.39 is 0 Å². The predicted octanol–water partition coefficient (Wildman–Crippen LogP) is 0.676. The largest absolute Gasteiger partial charge is 0.382 e. The second-order valence-electron chi connectivity index (χ2n) is 3.91. The van der Waals surface area contributed by atoms with Gasteiger partial charge >= 0.3 is 0 Å². The lowest BCUT2D eigenvalue weighted by Gasteiger charge is -2.23. The summed E-state index contributed by atoms with van der Waals surface area (Å²) in [5.74, 6) is 0.0593. The quantitative estimate of drug-likeness (QED) is 0.740. The Labute approximate surface area is 104 Å². The third-order valence-corrected chi connectivity index (χ3v) is 3.46. The fourth-order valence-corrected chi connectivity index (χ4v) is 2.57. The van der Waals surface area contributed by atoms with Crippen LogP contribution >= 0.6 is 11.5 Å². The maximum atomic E-state index is 11.7. The summed E-state index contributed by atoms with van der Waals surface area (Å²) < 4.78 is 9.38. The number of nitrogens with zero attached hydrogens (tertiary/aromatic N) is 1. The van der Waals surface area contributed by atoms with Crippen LogP contribution in [-0.2, 0) is 4.74 Å². The number of carbonyl (C=O) groups excluding carboxylic acids is 1. The number of nitrogen functional groups attached to an aromatic ring is 1. The number of hydrogen-bond donors (Lipinski definition) is 3. The molecule has 1 aliphatic rings. The number of hydrogen-bond acceptors (Lipinski definition) is 6. The van der Waals surface area contributed by atoms with Gasteiger partial charge in [-0.25, -0.2) is 0 Å². The van der Waals surface area contributed by atoms with E-state index >= 15 is 0 Å². The maximum Gasteiger partial charge on any atom is 0.257 e. The van der Waals surface area contributed by atoms with Gasteiger partial charge in [-0.2, -0.15) is 4.37 Å². The minimum Gasteiger partial charge on any atom is -0.382 e. The molecule has 1 saturated heterocycles. The van der Waals surface area contributed by atoms with Gasteiger partial charge in [-0.1, -0.05) is 0 Å². The second kappa shape index (κ2) is 5.33. The molecule has 0 aromatic carbocycles. The lowest BCUT2D eigenvalue weighted by molar-refractivity contribution is 0.0875. The van der Waals surface area contributed by atoms with Crippen molar-refractivity contribution in [2.75, 3.05) is 31.3 Å². The van der Waals surface area contributed by atoms with Crippen molar-refractivity contribution in [1.29, 1.82) is 0 Å². The van der Waals surface area contributed by atoms with Crippen molar-refractivity contribution >= 4 is 28.3 Å². The molecule has 0 bridgehead atoms. The normalized spacial score (nSPS) is 19.9. The molecule has 2 rings (SSSR count). The SMILES string of the molecule is CNC(=O)c1c(N)nsc1NC1CCCOC1. The molecule has 1 aromatic rings. The average molecular weight is 256 g/mol. The highest BCUT2D eigenvalue weighted by molar-refractivity contribution is 7.11. The summed E-state index contributed by atoms with van der Waals surface area (Å²) in [7, 11) is 1.58. The van der Waals surface area contributed by atoms with Crippen LogP contribution in [0.25, 0.3) is 0 Å². The predicted molar refractivity (Wildman–Crippen MR) is 67.4 cm³/mol. The van der Waals surface area contributed by atoms with E-state index in [1.165, 1.54) is 11.5 Å². The second-order valence-corrected chi connectivity index (χ2v) is 4.68. The molecular formula is C10H16N4O2S. The van der Waals surface area contributed by atoms with E-state index in [2.05, 4.69) is 15.0 Å². The Bertz CT molecular complexity index is 401. The Morgan fingerprint density at radius 2 is 2.47 bits per heavy atom. The number of nitrogens with one attached hydrogen (secondary N) is 2. The minimum absolute atomic E-state index is 0.213. The first-order chi connectivity index (χ1) is 8.22. The zero-order valence-electron chi connectivity index (χ0n) is 9.66. The van der Waals surface area contributed by atoms with Crippen molar-refractivity contribution in [3.05, 3.63) is 5.56 Å². The third-order valence-electron chi connectivity index (χ3n) is 2.67. The Hall–Kier alpha value is -1.34. The van der Waals surface area contributed by atoms with E-state index in [1.54, 1.807) is 7.05 Å². The van der Waals surface area contributed by atoms with Gasteiger partial charge in [-0.3, -0.25) is 4.79 Å². The van der Waals surface area contributed by atoms with Crippen LogP contribution in [0.3, 0.4) is 0 Å². The molecule has 0 spiro atoms. The van der Waals surface area contributed by atoms with Gasteiger partial charge in [0.1, 0.15) is 10.6 Å². The summed E-state index contributed by atoms with van der Waals surface area (Å²) in [5.41, 5.74) is 6.12. The molecule has 1 amide bonds. The number of rotatable bonds is 3. The first-order valence-electron chi connectivity index (χ1n) is 5.54. The molecule has 4 N–H and O–H groups in total. The van der Waals surface area contributed by atoms with Gasteiger partial charge < -0.3 is 21.1 Å². The summed E-state index contributed by atoms with van der Waals surface area (Å²) in [6.07, 6.45) is 2.06. The lowest BCUT2D eigenvalue weighted by atomic mass is 10.1. The highest BCUT2D eigenvalue weighted by Gasteiger charge is 2.21. The van der Waals surface area contributed by atoms with E-state index in [4.69, 9.17) is 10.5 Å². The topological polar surface area (TPSA) is 89.3 Å². The lowest BCUT2D eigenvalue weighted by Crippen LogP contribution is -2.30. The molecule has 94 valence electrons. The van der Waals surface area contributed by atoms with E-state index in [0.717, 1.165) is 24.4 Å². The number of nitrogens with two attached hydrogens (primary N) is 1. The number of anilines is 2. The molecule has 0 radical (unpaired) electrons. The van der Waals surface area contributed by atoms with Crippen LogP contribution in [0.2, 0.25) is 0 Å². The molecule has 1 aliphatic heterocycles. The minimum atomic E-state index is -0.213. The Balaban J connectivity index is 2.12. The number of carbonyl (C=O) groups is 1. The number of ether oxygens (including phenoxy) is 1. The molecule has 17 heavy (non-hydrogen) atoms. The Kier molecular flexibility index (Phi) is 3.80. The van der Waals surface area contributed by atoms with Crippen LogP contribution in [0.15, 0.2) is 0 Å². The van der Waals surface area contributed by atoms with Gasteiger partial charge in [0.25, 0.3) is 5.91 Å². The van der Waals surface area contributed by atoms with Crippen molar-refractivity contribution in [3.63, 3.8) is 0 Å². The zero-order chi connectivity index (χ0) is 12.3. The van der Waals surface area contributed by atoms with Gasteiger partial charge in [-0.15, -0.1) is 0 Å². The van der Waals surface area contributed by atoms with Gasteiger partial charge in [0.05, 0.1) is 12.6 Å². The summed E-state index contributed by atoms with van der Waals surface area (Å²) in [6, 6.07) is 0.229. The van der Waals surface area contributed by atoms with E-state index in [9.17, 15) is 4.79 Å². The number of amides is 1. The van der Waals surface area contributed by atoms with E-state index in [-0.39, 0.29) is 17.8 Å². The third kappa shape index (κ3) is 2.67. The first kappa shape index (κ1) is 12.1. The molecule has 1 unspecified atom stereocenters. The monoisotopic (exact) mass is 256 g/mol. The fraction of sp³-hybridized carbons (Fsp3) is 0.600. The van der Waals surface area contributed by atoms with Gasteiger partial charge in [-0.05, 0) is 24.4 Å². The summed E-state index contributed by atoms with van der Waals surface area (Å²) in [4.78, 5) is 11.7. The van der Waals surface area contributed by atoms with Crippen LogP contribution in [-0.4, -0.2) is 36.6 Å². The van der Waals surface area contributed by atoms with Gasteiger partial charge in [0, 0.05) is 13.7 Å². The van der Waals surface area contributed by atoms with Crippen molar-refractivity contribution in [2.45, 2.75) is 18.9 Å². The highest BCUT2D eigenvalue weighted by Crippen LogP contribution is 2.28. The molecular weight excluding hydrogens is 240 g/mol. The summed E-state index contributed by atoms with van der Waals surface area (Å²) >= 11 is 1.21. The van der Waals surface area contributed by atoms with E-state index in [1.807, 2.05) is 0 Å². The summed E-state index contributed by atoms with van der Waals surface area (Å²) in [6.45, 7) is 1.47. The Morgan fingerprint density at radius 3 is 3.12 bits per heavy atom. The first-order valence-corrected chi connectivity index (χ1v) is 6.31. The zero-order valence-corrected chi connectivity index (χ0v) is 10.5. The molecule has 2 heterocycles. The maximum absolute atomic E-state index is 11.7. The average Bonchev–Trinajstić information content (AvgIpc) is 2.71. The molecule has 0 saturated carbocycles. The molecule has 1 fully saturated rings. The Morgan fingerprint density at radius 1 is 1.65 bits per heavy atom. The molecule has 7 heteroatoms. The van der Waals surface area contributed by atoms with Crippen LogP contribution < -0.4 is 16.4 Å². The molecule has 0 aliphatic carbocycles. The van der Waals surface area contributed by atoms with Crippen LogP contribution in [0.5, 0.6) is 0 Å². The molecule has 1 aromatic heterocycles.